The molecule has 4 nitrogen and oxygen atoms in total. The van der Waals surface area contributed by atoms with Crippen molar-refractivity contribution in [2.45, 2.75) is 98.6 Å². The minimum absolute atomic E-state index is 0. The van der Waals surface area contributed by atoms with Crippen LogP contribution in [0.25, 0.3) is 42.7 Å². The zero-order valence-electron chi connectivity index (χ0n) is 30.5. The van der Waals surface area contributed by atoms with Crippen LogP contribution in [0, 0.1) is 24.3 Å². The first kappa shape index (κ1) is 40.4. The third kappa shape index (κ3) is 9.35. The van der Waals surface area contributed by atoms with E-state index >= 15 is 0 Å². The number of nitrogens with zero attached hydrogens (tertiary/aromatic N) is 2. The molecule has 0 spiro atoms. The predicted molar refractivity (Wildman–Crippen MR) is 200 cm³/mol. The maximum atomic E-state index is 11.6. The predicted octanol–water partition coefficient (Wildman–Crippen LogP) is 12.5. The fourth-order valence-corrected chi connectivity index (χ4v) is 7.76. The Kier molecular flexibility index (Phi) is 12.4. The number of aliphatic hydroxyl groups excluding tert-OH is 1. The van der Waals surface area contributed by atoms with Crippen molar-refractivity contribution in [3.63, 3.8) is 0 Å². The summed E-state index contributed by atoms with van der Waals surface area (Å²) >= 11 is 1.81. The average Bonchev–Trinajstić information content (AvgIpc) is 3.40. The van der Waals surface area contributed by atoms with Crippen LogP contribution in [0.3, 0.4) is 0 Å². The first-order valence-electron chi connectivity index (χ1n) is 17.2. The van der Waals surface area contributed by atoms with E-state index in [1.165, 1.54) is 72.0 Å². The first-order valence-corrected chi connectivity index (χ1v) is 18.0. The Bertz CT molecular complexity index is 2030. The van der Waals surface area contributed by atoms with Crippen molar-refractivity contribution in [1.29, 1.82) is 0 Å². The molecule has 51 heavy (non-hydrogen) atoms. The molecular formula is C42H46F3IrN2O2S-. The number of rotatable bonds is 5. The normalized spacial score (nSPS) is 15.4. The molecule has 1 radical (unpaired) electrons. The van der Waals surface area contributed by atoms with Crippen LogP contribution in [0.2, 0.25) is 0 Å². The van der Waals surface area contributed by atoms with Crippen LogP contribution in [-0.2, 0) is 30.3 Å². The van der Waals surface area contributed by atoms with Crippen molar-refractivity contribution >= 4 is 38.1 Å². The number of carbonyl (C=O) groups is 1. The Morgan fingerprint density at radius 1 is 1.02 bits per heavy atom. The second kappa shape index (κ2) is 15.7. The molecule has 2 heterocycles. The number of alkyl halides is 3. The monoisotopic (exact) mass is 892 g/mol. The Hall–Kier alpha value is -3.39. The SMILES string of the molecule is CC(C)/C(O)=C/C(=O)C(F)(F)F.Cc1c(-c2ccc(C3CCC(C)(C)CC3)cc2)sc2c(-c3[c-]c4ccccc4c(C(C)(C)C)c3)ncnc12.[Ir]. The van der Waals surface area contributed by atoms with Gasteiger partial charge in [0.2, 0.25) is 0 Å². The van der Waals surface area contributed by atoms with E-state index in [1.807, 2.05) is 11.3 Å². The molecule has 2 aromatic heterocycles. The van der Waals surface area contributed by atoms with Gasteiger partial charge in [-0.05, 0) is 66.0 Å². The van der Waals surface area contributed by atoms with Gasteiger partial charge >= 0.3 is 6.18 Å². The maximum absolute atomic E-state index is 11.6. The van der Waals surface area contributed by atoms with Crippen LogP contribution in [0.1, 0.15) is 96.8 Å². The van der Waals surface area contributed by atoms with Crippen molar-refractivity contribution in [3.8, 4) is 21.7 Å². The topological polar surface area (TPSA) is 63.1 Å². The molecule has 1 N–H and O–H groups in total. The number of halogens is 3. The zero-order chi connectivity index (χ0) is 36.6. The summed E-state index contributed by atoms with van der Waals surface area (Å²) in [7, 11) is 0. The second-order valence-electron chi connectivity index (χ2n) is 15.5. The quantitative estimate of drug-likeness (QED) is 0.108. The van der Waals surface area contributed by atoms with E-state index in [-0.39, 0.29) is 31.6 Å². The Labute approximate surface area is 317 Å². The Morgan fingerprint density at radius 3 is 2.24 bits per heavy atom. The van der Waals surface area contributed by atoms with Crippen LogP contribution in [0.4, 0.5) is 13.2 Å². The van der Waals surface area contributed by atoms with Gasteiger partial charge in [0.15, 0.2) is 0 Å². The molecule has 0 unspecified atom stereocenters. The average molecular weight is 892 g/mol. The molecule has 0 bridgehead atoms. The number of carbonyl (C=O) groups excluding carboxylic acids is 1. The van der Waals surface area contributed by atoms with Gasteiger partial charge in [0.25, 0.3) is 5.78 Å². The van der Waals surface area contributed by atoms with Crippen LogP contribution >= 0.6 is 11.3 Å². The van der Waals surface area contributed by atoms with E-state index in [4.69, 9.17) is 15.1 Å². The van der Waals surface area contributed by atoms with Gasteiger partial charge in [-0.3, -0.25) is 9.78 Å². The number of aliphatic hydroxyl groups is 1. The summed E-state index contributed by atoms with van der Waals surface area (Å²) in [4.78, 5) is 21.1. The molecule has 0 aliphatic heterocycles. The van der Waals surface area contributed by atoms with Gasteiger partial charge in [0.05, 0.1) is 11.3 Å². The Morgan fingerprint density at radius 2 is 1.65 bits per heavy atom. The van der Waals surface area contributed by atoms with E-state index in [9.17, 15) is 18.0 Å². The van der Waals surface area contributed by atoms with Crippen molar-refractivity contribution in [3.05, 3.63) is 95.5 Å². The summed E-state index contributed by atoms with van der Waals surface area (Å²) in [5.41, 5.74) is 8.91. The first-order chi connectivity index (χ1) is 23.4. The molecule has 6 rings (SSSR count). The third-order valence-electron chi connectivity index (χ3n) is 9.68. The van der Waals surface area contributed by atoms with E-state index in [1.54, 1.807) is 6.33 Å². The Balaban J connectivity index is 0.000000388. The van der Waals surface area contributed by atoms with Crippen LogP contribution in [0.15, 0.2) is 72.8 Å². The zero-order valence-corrected chi connectivity index (χ0v) is 33.7. The van der Waals surface area contributed by atoms with Gasteiger partial charge in [-0.2, -0.15) is 13.2 Å². The molecule has 273 valence electrons. The fourth-order valence-electron chi connectivity index (χ4n) is 6.49. The second-order valence-corrected chi connectivity index (χ2v) is 16.5. The van der Waals surface area contributed by atoms with Crippen LogP contribution < -0.4 is 0 Å². The largest absolute Gasteiger partial charge is 0.512 e. The number of allylic oxidation sites excluding steroid dienone is 2. The molecule has 0 amide bonds. The molecular weight excluding hydrogens is 846 g/mol. The minimum Gasteiger partial charge on any atom is -0.512 e. The number of hydrogen-bond acceptors (Lipinski definition) is 5. The summed E-state index contributed by atoms with van der Waals surface area (Å²) in [5, 5.41) is 11.2. The van der Waals surface area contributed by atoms with Crippen LogP contribution in [-0.4, -0.2) is 27.0 Å². The molecule has 1 aliphatic rings. The number of thiophene rings is 1. The summed E-state index contributed by atoms with van der Waals surface area (Å²) in [6.45, 7) is 16.8. The van der Waals surface area contributed by atoms with Crippen LogP contribution in [0.5, 0.6) is 0 Å². The number of ketones is 1. The molecule has 1 aliphatic carbocycles. The number of aryl methyl sites for hydroxylation is 1. The summed E-state index contributed by atoms with van der Waals surface area (Å²) < 4.78 is 35.8. The summed E-state index contributed by atoms with van der Waals surface area (Å²) in [5.74, 6) is -2.37. The molecule has 3 aromatic carbocycles. The molecule has 1 fully saturated rings. The van der Waals surface area contributed by atoms with Gasteiger partial charge in [-0.25, -0.2) is 4.98 Å². The van der Waals surface area contributed by atoms with Crippen molar-refractivity contribution in [2.75, 3.05) is 0 Å². The number of benzene rings is 3. The van der Waals surface area contributed by atoms with Crippen molar-refractivity contribution < 1.29 is 43.2 Å². The molecule has 0 saturated heterocycles. The van der Waals surface area contributed by atoms with E-state index in [0.717, 1.165) is 26.9 Å². The van der Waals surface area contributed by atoms with Gasteiger partial charge in [0, 0.05) is 47.4 Å². The minimum atomic E-state index is -4.90. The van der Waals surface area contributed by atoms with Gasteiger partial charge in [-0.15, -0.1) is 40.5 Å². The van der Waals surface area contributed by atoms with Gasteiger partial charge in [0.1, 0.15) is 6.33 Å². The smallest absolute Gasteiger partial charge is 0.454 e. The molecule has 9 heteroatoms. The number of hydrogen-bond donors (Lipinski definition) is 1. The fraction of sp³-hybridized carbons (Fsp3) is 0.405. The summed E-state index contributed by atoms with van der Waals surface area (Å²) in [6.07, 6.45) is 2.25. The number of aromatic nitrogens is 2. The molecule has 0 atom stereocenters. The molecule has 5 aromatic rings. The van der Waals surface area contributed by atoms with E-state index < -0.39 is 23.6 Å². The standard InChI is InChI=1S/C35H37N2S.C7H9F3O2.Ir/c1-22-30-33(38-32(22)25-13-11-23(12-14-25)24-15-17-35(5,6)18-16-24)31(37-21-36-30)27-19-26-9-7-8-10-28(26)29(20-27)34(2,3)4;1-4(2)5(11)3-6(12)7(8,9)10;/h7-14,20-21,24H,15-18H2,1-6H3;3-4,11H,1-2H3;/q-1;;/b;5-3-;. The number of fused-ring (bicyclic) bond motifs is 2. The molecule has 1 saturated carbocycles. The summed E-state index contributed by atoms with van der Waals surface area (Å²) in [6, 6.07) is 23.9. The van der Waals surface area contributed by atoms with Gasteiger partial charge in [-0.1, -0.05) is 102 Å². The third-order valence-corrected chi connectivity index (χ3v) is 11.0. The van der Waals surface area contributed by atoms with Crippen molar-refractivity contribution in [2.24, 2.45) is 11.3 Å². The van der Waals surface area contributed by atoms with E-state index in [0.29, 0.717) is 11.3 Å². The van der Waals surface area contributed by atoms with Gasteiger partial charge < -0.3 is 5.11 Å². The van der Waals surface area contributed by atoms with E-state index in [2.05, 4.69) is 102 Å². The van der Waals surface area contributed by atoms with Crippen molar-refractivity contribution in [1.82, 2.24) is 9.97 Å². The maximum Gasteiger partial charge on any atom is 0.454 e.